The maximum atomic E-state index is 12.2. The number of pyridine rings is 1. The van der Waals surface area contributed by atoms with E-state index in [0.29, 0.717) is 12.3 Å². The monoisotopic (exact) mass is 378 g/mol. The average Bonchev–Trinajstić information content (AvgIpc) is 3.07. The summed E-state index contributed by atoms with van der Waals surface area (Å²) in [6.45, 7) is 5.65. The molecule has 25 heavy (non-hydrogen) atoms. The van der Waals surface area contributed by atoms with Crippen molar-refractivity contribution in [3.8, 4) is 0 Å². The molecule has 1 aliphatic rings. The Hall–Kier alpha value is -1.48. The van der Waals surface area contributed by atoms with Crippen LogP contribution in [0.1, 0.15) is 17.4 Å². The first kappa shape index (κ1) is 18.3. The van der Waals surface area contributed by atoms with Crippen molar-refractivity contribution in [3.05, 3.63) is 41.2 Å². The second-order valence-electron chi connectivity index (χ2n) is 5.77. The highest BCUT2D eigenvalue weighted by molar-refractivity contribution is 8.01. The van der Waals surface area contributed by atoms with Crippen molar-refractivity contribution in [3.63, 3.8) is 0 Å². The molecule has 1 amide bonds. The Morgan fingerprint density at radius 1 is 1.44 bits per heavy atom. The van der Waals surface area contributed by atoms with Gasteiger partial charge in [-0.2, -0.15) is 0 Å². The van der Waals surface area contributed by atoms with Crippen molar-refractivity contribution >= 4 is 29.0 Å². The van der Waals surface area contributed by atoms with Crippen LogP contribution in [0.15, 0.2) is 34.1 Å². The van der Waals surface area contributed by atoms with E-state index in [2.05, 4.69) is 20.2 Å². The maximum Gasteiger partial charge on any atom is 0.230 e. The third kappa shape index (κ3) is 5.50. The van der Waals surface area contributed by atoms with Gasteiger partial charge in [-0.25, -0.2) is 4.98 Å². The Labute approximate surface area is 156 Å². The minimum atomic E-state index is 0.0204. The standard InChI is InChI=1S/C17H22N4O2S2/c1-13-11-24-17(20-13)25-12-16(22)19-10-15(14-4-2-3-5-18-14)21-6-8-23-9-7-21/h2-5,11,15H,6-10,12H2,1H3,(H,19,22)/t15-/m1/s1. The highest BCUT2D eigenvalue weighted by Crippen LogP contribution is 2.22. The number of carbonyl (C=O) groups is 1. The van der Waals surface area contributed by atoms with Gasteiger partial charge in [-0.3, -0.25) is 14.7 Å². The Bertz CT molecular complexity index is 674. The lowest BCUT2D eigenvalue weighted by atomic mass is 10.1. The van der Waals surface area contributed by atoms with Crippen LogP contribution in [0.2, 0.25) is 0 Å². The van der Waals surface area contributed by atoms with Crippen LogP contribution in [-0.4, -0.2) is 59.4 Å². The first-order valence-electron chi connectivity index (χ1n) is 8.27. The Morgan fingerprint density at radius 3 is 2.96 bits per heavy atom. The van der Waals surface area contributed by atoms with Crippen molar-refractivity contribution in [2.45, 2.75) is 17.3 Å². The third-order valence-electron chi connectivity index (χ3n) is 3.93. The third-order valence-corrected chi connectivity index (χ3v) is 6.07. The highest BCUT2D eigenvalue weighted by Gasteiger charge is 2.24. The van der Waals surface area contributed by atoms with E-state index in [4.69, 9.17) is 4.74 Å². The number of aromatic nitrogens is 2. The van der Waals surface area contributed by atoms with E-state index in [1.807, 2.05) is 30.5 Å². The number of carbonyl (C=O) groups excluding carboxylic acids is 1. The van der Waals surface area contributed by atoms with Crippen LogP contribution >= 0.6 is 23.1 Å². The van der Waals surface area contributed by atoms with Crippen molar-refractivity contribution < 1.29 is 9.53 Å². The van der Waals surface area contributed by atoms with E-state index in [-0.39, 0.29) is 11.9 Å². The number of hydrogen-bond donors (Lipinski definition) is 1. The zero-order chi connectivity index (χ0) is 17.5. The van der Waals surface area contributed by atoms with E-state index >= 15 is 0 Å². The maximum absolute atomic E-state index is 12.2. The quantitative estimate of drug-likeness (QED) is 0.745. The second-order valence-corrected chi connectivity index (χ2v) is 7.85. The predicted octanol–water partition coefficient (Wildman–Crippen LogP) is 2.13. The zero-order valence-electron chi connectivity index (χ0n) is 14.2. The summed E-state index contributed by atoms with van der Waals surface area (Å²) < 4.78 is 6.37. The summed E-state index contributed by atoms with van der Waals surface area (Å²) in [6, 6.07) is 5.98. The number of nitrogens with zero attached hydrogens (tertiary/aromatic N) is 3. The van der Waals surface area contributed by atoms with Gasteiger partial charge in [-0.15, -0.1) is 11.3 Å². The molecule has 6 nitrogen and oxygen atoms in total. The number of hydrogen-bond acceptors (Lipinski definition) is 7. The summed E-state index contributed by atoms with van der Waals surface area (Å²) in [5.41, 5.74) is 1.98. The number of amides is 1. The molecule has 0 spiro atoms. The number of rotatable bonds is 7. The van der Waals surface area contributed by atoms with Gasteiger partial charge in [0.15, 0.2) is 4.34 Å². The molecule has 0 aliphatic carbocycles. The molecule has 1 saturated heterocycles. The van der Waals surface area contributed by atoms with Crippen LogP contribution < -0.4 is 5.32 Å². The SMILES string of the molecule is Cc1csc(SCC(=O)NC[C@H](c2ccccn2)N2CCOCC2)n1. The summed E-state index contributed by atoms with van der Waals surface area (Å²) in [5, 5.41) is 5.05. The van der Waals surface area contributed by atoms with Gasteiger partial charge in [-0.1, -0.05) is 17.8 Å². The summed E-state index contributed by atoms with van der Waals surface area (Å²) in [7, 11) is 0. The molecule has 1 N–H and O–H groups in total. The van der Waals surface area contributed by atoms with Gasteiger partial charge >= 0.3 is 0 Å². The molecule has 134 valence electrons. The Kier molecular flexibility index (Phi) is 6.80. The summed E-state index contributed by atoms with van der Waals surface area (Å²) in [6.07, 6.45) is 1.80. The molecule has 0 bridgehead atoms. The average molecular weight is 379 g/mol. The van der Waals surface area contributed by atoms with E-state index in [1.165, 1.54) is 11.8 Å². The van der Waals surface area contributed by atoms with Gasteiger partial charge in [0.1, 0.15) is 0 Å². The highest BCUT2D eigenvalue weighted by atomic mass is 32.2. The fourth-order valence-corrected chi connectivity index (χ4v) is 4.35. The smallest absolute Gasteiger partial charge is 0.230 e. The largest absolute Gasteiger partial charge is 0.379 e. The lowest BCUT2D eigenvalue weighted by Crippen LogP contribution is -2.44. The van der Waals surface area contributed by atoms with Crippen LogP contribution in [0.5, 0.6) is 0 Å². The first-order valence-corrected chi connectivity index (χ1v) is 10.1. The molecule has 1 atom stereocenters. The molecule has 0 saturated carbocycles. The van der Waals surface area contributed by atoms with E-state index in [9.17, 15) is 4.79 Å². The fourth-order valence-electron chi connectivity index (χ4n) is 2.67. The van der Waals surface area contributed by atoms with Crippen molar-refractivity contribution in [2.75, 3.05) is 38.6 Å². The molecule has 8 heteroatoms. The van der Waals surface area contributed by atoms with Crippen molar-refractivity contribution in [2.24, 2.45) is 0 Å². The normalized spacial score (nSPS) is 16.5. The van der Waals surface area contributed by atoms with Gasteiger partial charge in [0.05, 0.1) is 30.7 Å². The molecule has 2 aromatic heterocycles. The van der Waals surface area contributed by atoms with Crippen LogP contribution in [-0.2, 0) is 9.53 Å². The minimum absolute atomic E-state index is 0.0204. The molecule has 3 rings (SSSR count). The van der Waals surface area contributed by atoms with Crippen LogP contribution in [0, 0.1) is 6.92 Å². The van der Waals surface area contributed by atoms with Crippen LogP contribution in [0.4, 0.5) is 0 Å². The molecular formula is C17H22N4O2S2. The molecule has 1 aliphatic heterocycles. The Morgan fingerprint density at radius 2 is 2.28 bits per heavy atom. The predicted molar refractivity (Wildman–Crippen MR) is 100.0 cm³/mol. The molecule has 0 radical (unpaired) electrons. The molecule has 2 aromatic rings. The Balaban J connectivity index is 1.55. The molecule has 0 unspecified atom stereocenters. The number of nitrogens with one attached hydrogen (secondary N) is 1. The zero-order valence-corrected chi connectivity index (χ0v) is 15.8. The van der Waals surface area contributed by atoms with Gasteiger partial charge in [-0.05, 0) is 19.1 Å². The number of ether oxygens (including phenoxy) is 1. The summed E-state index contributed by atoms with van der Waals surface area (Å²) in [4.78, 5) is 23.4. The molecule has 0 aromatic carbocycles. The van der Waals surface area contributed by atoms with E-state index in [0.717, 1.165) is 42.0 Å². The topological polar surface area (TPSA) is 67.4 Å². The molecule has 1 fully saturated rings. The van der Waals surface area contributed by atoms with Gasteiger partial charge < -0.3 is 10.1 Å². The minimum Gasteiger partial charge on any atom is -0.379 e. The van der Waals surface area contributed by atoms with Gasteiger partial charge in [0, 0.05) is 36.9 Å². The second kappa shape index (κ2) is 9.28. The lowest BCUT2D eigenvalue weighted by molar-refractivity contribution is -0.118. The van der Waals surface area contributed by atoms with Gasteiger partial charge in [0.25, 0.3) is 0 Å². The summed E-state index contributed by atoms with van der Waals surface area (Å²) in [5.74, 6) is 0.400. The molecule has 3 heterocycles. The van der Waals surface area contributed by atoms with Crippen molar-refractivity contribution in [1.82, 2.24) is 20.2 Å². The first-order chi connectivity index (χ1) is 12.2. The van der Waals surface area contributed by atoms with Crippen molar-refractivity contribution in [1.29, 1.82) is 0 Å². The number of thiazole rings is 1. The van der Waals surface area contributed by atoms with Crippen LogP contribution in [0.3, 0.4) is 0 Å². The fraction of sp³-hybridized carbons (Fsp3) is 0.471. The number of aryl methyl sites for hydroxylation is 1. The van der Waals surface area contributed by atoms with Gasteiger partial charge in [0.2, 0.25) is 5.91 Å². The lowest BCUT2D eigenvalue weighted by Gasteiger charge is -2.34. The molecular weight excluding hydrogens is 356 g/mol. The van der Waals surface area contributed by atoms with Crippen LogP contribution in [0.25, 0.3) is 0 Å². The number of morpholine rings is 1. The number of thioether (sulfide) groups is 1. The van der Waals surface area contributed by atoms with E-state index < -0.39 is 0 Å². The van der Waals surface area contributed by atoms with E-state index in [1.54, 1.807) is 17.5 Å². The summed E-state index contributed by atoms with van der Waals surface area (Å²) >= 11 is 3.05.